The molecule has 4 aromatic carbocycles. The van der Waals surface area contributed by atoms with Crippen molar-refractivity contribution in [3.05, 3.63) is 113 Å². The zero-order valence-corrected chi connectivity index (χ0v) is 25.0. The molecule has 8 nitrogen and oxygen atoms in total. The van der Waals surface area contributed by atoms with Crippen molar-refractivity contribution in [3.8, 4) is 5.75 Å². The molecule has 5 rings (SSSR count). The van der Waals surface area contributed by atoms with Crippen LogP contribution in [0.3, 0.4) is 0 Å². The van der Waals surface area contributed by atoms with Crippen molar-refractivity contribution in [1.82, 2.24) is 5.32 Å². The van der Waals surface area contributed by atoms with Crippen molar-refractivity contribution in [2.45, 2.75) is 20.3 Å². The lowest BCUT2D eigenvalue weighted by Crippen LogP contribution is -2.47. The highest BCUT2D eigenvalue weighted by atomic mass is 16.5. The fraction of sp³-hybridized carbons (Fsp3) is 0.257. The molecule has 3 N–H and O–H groups in total. The molecule has 0 spiro atoms. The average molecular weight is 578 g/mol. The van der Waals surface area contributed by atoms with Gasteiger partial charge in [-0.15, -0.1) is 0 Å². The van der Waals surface area contributed by atoms with Gasteiger partial charge in [-0.2, -0.15) is 0 Å². The number of para-hydroxylation sites is 2. The Morgan fingerprint density at radius 2 is 1.47 bits per heavy atom. The average Bonchev–Trinajstić information content (AvgIpc) is 3.04. The summed E-state index contributed by atoms with van der Waals surface area (Å²) in [6.45, 7) is 7.54. The van der Waals surface area contributed by atoms with E-state index in [0.717, 1.165) is 72.1 Å². The molecule has 1 saturated heterocycles. The second kappa shape index (κ2) is 13.8. The molecule has 0 unspecified atom stereocenters. The SMILES string of the molecule is COc1ccccc1N1CCN(c2ccc(NC(=O)Nc3cccc(C)c3C)cc2C(=O)NCCc2ccccc2)CC1. The smallest absolute Gasteiger partial charge is 0.323 e. The summed E-state index contributed by atoms with van der Waals surface area (Å²) in [6.07, 6.45) is 0.732. The van der Waals surface area contributed by atoms with E-state index in [0.29, 0.717) is 17.8 Å². The number of anilines is 4. The summed E-state index contributed by atoms with van der Waals surface area (Å²) in [7, 11) is 1.69. The molecule has 0 aromatic heterocycles. The summed E-state index contributed by atoms with van der Waals surface area (Å²) in [5.41, 5.74) is 7.02. The van der Waals surface area contributed by atoms with Crippen LogP contribution in [0.5, 0.6) is 5.75 Å². The van der Waals surface area contributed by atoms with Crippen LogP contribution < -0.4 is 30.5 Å². The second-order valence-electron chi connectivity index (χ2n) is 10.7. The number of benzene rings is 4. The van der Waals surface area contributed by atoms with E-state index in [2.05, 4.69) is 43.9 Å². The number of methoxy groups -OCH3 is 1. The molecule has 1 heterocycles. The minimum Gasteiger partial charge on any atom is -0.495 e. The van der Waals surface area contributed by atoms with Crippen LogP contribution in [0.1, 0.15) is 27.0 Å². The van der Waals surface area contributed by atoms with Gasteiger partial charge < -0.3 is 30.5 Å². The zero-order valence-electron chi connectivity index (χ0n) is 25.0. The van der Waals surface area contributed by atoms with Crippen molar-refractivity contribution >= 4 is 34.7 Å². The fourth-order valence-corrected chi connectivity index (χ4v) is 5.38. The van der Waals surface area contributed by atoms with Gasteiger partial charge in [-0.05, 0) is 73.4 Å². The number of hydrogen-bond donors (Lipinski definition) is 3. The number of aryl methyl sites for hydroxylation is 1. The summed E-state index contributed by atoms with van der Waals surface area (Å²) in [6, 6.07) is 29.1. The Kier molecular flexibility index (Phi) is 9.46. The first-order chi connectivity index (χ1) is 20.9. The molecule has 1 aliphatic heterocycles. The normalized spacial score (nSPS) is 12.9. The summed E-state index contributed by atoms with van der Waals surface area (Å²) >= 11 is 0. The third kappa shape index (κ3) is 7.27. The molecule has 4 aromatic rings. The number of rotatable bonds is 9. The monoisotopic (exact) mass is 577 g/mol. The first kappa shape index (κ1) is 29.5. The first-order valence-corrected chi connectivity index (χ1v) is 14.7. The number of nitrogens with one attached hydrogen (secondary N) is 3. The van der Waals surface area contributed by atoms with E-state index in [-0.39, 0.29) is 11.9 Å². The lowest BCUT2D eigenvalue weighted by Gasteiger charge is -2.38. The number of ether oxygens (including phenoxy) is 1. The highest BCUT2D eigenvalue weighted by Crippen LogP contribution is 2.31. The number of carbonyl (C=O) groups excluding carboxylic acids is 2. The van der Waals surface area contributed by atoms with Gasteiger partial charge in [-0.25, -0.2) is 4.79 Å². The molecular formula is C35H39N5O3. The van der Waals surface area contributed by atoms with E-state index in [1.807, 2.05) is 80.6 Å². The summed E-state index contributed by atoms with van der Waals surface area (Å²) in [5, 5.41) is 8.94. The summed E-state index contributed by atoms with van der Waals surface area (Å²) in [5.74, 6) is 0.681. The van der Waals surface area contributed by atoms with Gasteiger partial charge >= 0.3 is 6.03 Å². The molecule has 0 saturated carbocycles. The Hall–Kier alpha value is -4.98. The minimum absolute atomic E-state index is 0.170. The van der Waals surface area contributed by atoms with Crippen LogP contribution in [0.25, 0.3) is 0 Å². The maximum atomic E-state index is 13.6. The standard InChI is InChI=1S/C35H39N5O3/c1-25-10-9-13-30(26(25)2)38-35(42)37-28-16-17-31(29(24-28)34(41)36-19-18-27-11-5-4-6-12-27)39-20-22-40(23-21-39)32-14-7-8-15-33(32)43-3/h4-17,24H,18-23H2,1-3H3,(H,36,41)(H2,37,38,42). The number of amides is 3. The van der Waals surface area contributed by atoms with Gasteiger partial charge in [0, 0.05) is 49.8 Å². The van der Waals surface area contributed by atoms with Gasteiger partial charge in [0.1, 0.15) is 5.75 Å². The predicted molar refractivity (Wildman–Crippen MR) is 175 cm³/mol. The molecule has 222 valence electrons. The van der Waals surface area contributed by atoms with Gasteiger partial charge in [-0.3, -0.25) is 4.79 Å². The van der Waals surface area contributed by atoms with E-state index in [1.165, 1.54) is 0 Å². The fourth-order valence-electron chi connectivity index (χ4n) is 5.38. The molecule has 1 fully saturated rings. The number of carbonyl (C=O) groups is 2. The van der Waals surface area contributed by atoms with Crippen LogP contribution in [0, 0.1) is 13.8 Å². The van der Waals surface area contributed by atoms with Crippen molar-refractivity contribution < 1.29 is 14.3 Å². The van der Waals surface area contributed by atoms with Gasteiger partial charge in [-0.1, -0.05) is 54.6 Å². The molecule has 1 aliphatic rings. The lowest BCUT2D eigenvalue weighted by atomic mass is 10.1. The van der Waals surface area contributed by atoms with E-state index in [9.17, 15) is 9.59 Å². The van der Waals surface area contributed by atoms with Gasteiger partial charge in [0.25, 0.3) is 5.91 Å². The largest absolute Gasteiger partial charge is 0.495 e. The summed E-state index contributed by atoms with van der Waals surface area (Å²) in [4.78, 5) is 31.0. The molecule has 0 bridgehead atoms. The third-order valence-electron chi connectivity index (χ3n) is 7.94. The molecule has 0 atom stereocenters. The molecule has 43 heavy (non-hydrogen) atoms. The number of nitrogens with zero attached hydrogens (tertiary/aromatic N) is 2. The van der Waals surface area contributed by atoms with Crippen LogP contribution in [0.4, 0.5) is 27.5 Å². The Balaban J connectivity index is 1.32. The lowest BCUT2D eigenvalue weighted by molar-refractivity contribution is 0.0954. The predicted octanol–water partition coefficient (Wildman–Crippen LogP) is 6.26. The third-order valence-corrected chi connectivity index (χ3v) is 7.94. The second-order valence-corrected chi connectivity index (χ2v) is 10.7. The van der Waals surface area contributed by atoms with Crippen molar-refractivity contribution in [2.24, 2.45) is 0 Å². The van der Waals surface area contributed by atoms with E-state index < -0.39 is 0 Å². The molecule has 0 radical (unpaired) electrons. The topological polar surface area (TPSA) is 85.9 Å². The number of urea groups is 1. The van der Waals surface area contributed by atoms with E-state index in [1.54, 1.807) is 13.2 Å². The first-order valence-electron chi connectivity index (χ1n) is 14.7. The van der Waals surface area contributed by atoms with Crippen LogP contribution in [0.15, 0.2) is 91.0 Å². The molecule has 3 amide bonds. The maximum absolute atomic E-state index is 13.6. The van der Waals surface area contributed by atoms with Crippen LogP contribution in [0.2, 0.25) is 0 Å². The molecule has 8 heteroatoms. The van der Waals surface area contributed by atoms with Crippen molar-refractivity contribution in [2.75, 3.05) is 60.3 Å². The summed E-state index contributed by atoms with van der Waals surface area (Å²) < 4.78 is 5.58. The number of hydrogen-bond acceptors (Lipinski definition) is 5. The van der Waals surface area contributed by atoms with Crippen LogP contribution in [-0.4, -0.2) is 51.8 Å². The van der Waals surface area contributed by atoms with Crippen LogP contribution in [-0.2, 0) is 6.42 Å². The van der Waals surface area contributed by atoms with Crippen molar-refractivity contribution in [3.63, 3.8) is 0 Å². The highest BCUT2D eigenvalue weighted by molar-refractivity contribution is 6.04. The quantitative estimate of drug-likeness (QED) is 0.219. The van der Waals surface area contributed by atoms with Crippen LogP contribution >= 0.6 is 0 Å². The van der Waals surface area contributed by atoms with Gasteiger partial charge in [0.15, 0.2) is 0 Å². The van der Waals surface area contributed by atoms with Crippen molar-refractivity contribution in [1.29, 1.82) is 0 Å². The Bertz CT molecular complexity index is 1570. The molecule has 0 aliphatic carbocycles. The maximum Gasteiger partial charge on any atom is 0.323 e. The van der Waals surface area contributed by atoms with Gasteiger partial charge in [0.2, 0.25) is 0 Å². The van der Waals surface area contributed by atoms with Gasteiger partial charge in [0.05, 0.1) is 18.4 Å². The van der Waals surface area contributed by atoms with E-state index in [4.69, 9.17) is 4.74 Å². The number of piperazine rings is 1. The highest BCUT2D eigenvalue weighted by Gasteiger charge is 2.24. The minimum atomic E-state index is -0.359. The Morgan fingerprint density at radius 3 is 2.21 bits per heavy atom. The Morgan fingerprint density at radius 1 is 0.767 bits per heavy atom. The zero-order chi connectivity index (χ0) is 30.2. The van der Waals surface area contributed by atoms with E-state index >= 15 is 0 Å². The molecular weight excluding hydrogens is 538 g/mol. The Labute approximate surface area is 253 Å².